The zero-order valence-electron chi connectivity index (χ0n) is 13.3. The Bertz CT molecular complexity index is 709. The van der Waals surface area contributed by atoms with E-state index in [9.17, 15) is 4.79 Å². The molecule has 2 aromatic rings. The summed E-state index contributed by atoms with van der Waals surface area (Å²) in [6.45, 7) is 0.748. The summed E-state index contributed by atoms with van der Waals surface area (Å²) in [5.41, 5.74) is 0.561. The molecule has 0 aromatic carbocycles. The van der Waals surface area contributed by atoms with Crippen molar-refractivity contribution >= 4 is 11.2 Å². The molecular formula is C15H22N4O5. The molecular weight excluding hydrogens is 316 g/mol. The van der Waals surface area contributed by atoms with Gasteiger partial charge < -0.3 is 24.7 Å². The lowest BCUT2D eigenvalue weighted by Crippen LogP contribution is -2.17. The normalized spacial score (nSPS) is 27.0. The van der Waals surface area contributed by atoms with E-state index in [0.717, 1.165) is 38.7 Å². The van der Waals surface area contributed by atoms with Crippen molar-refractivity contribution in [1.82, 2.24) is 19.5 Å². The number of aliphatic hydroxyl groups excluding tert-OH is 2. The average molecular weight is 338 g/mol. The van der Waals surface area contributed by atoms with E-state index >= 15 is 0 Å². The van der Waals surface area contributed by atoms with E-state index in [4.69, 9.17) is 19.7 Å². The van der Waals surface area contributed by atoms with Crippen molar-refractivity contribution in [2.75, 3.05) is 13.2 Å². The summed E-state index contributed by atoms with van der Waals surface area (Å²) in [6.07, 6.45) is 6.71. The Kier molecular flexibility index (Phi) is 5.56. The van der Waals surface area contributed by atoms with E-state index in [-0.39, 0.29) is 24.5 Å². The van der Waals surface area contributed by atoms with Gasteiger partial charge in [-0.1, -0.05) is 0 Å². The first-order valence-electron chi connectivity index (χ1n) is 8.15. The van der Waals surface area contributed by atoms with Crippen LogP contribution in [-0.2, 0) is 9.47 Å². The van der Waals surface area contributed by atoms with E-state index in [0.29, 0.717) is 11.2 Å². The zero-order chi connectivity index (χ0) is 16.9. The molecule has 4 rings (SSSR count). The van der Waals surface area contributed by atoms with Crippen molar-refractivity contribution in [3.63, 3.8) is 0 Å². The Morgan fingerprint density at radius 3 is 2.79 bits per heavy atom. The molecule has 3 N–H and O–H groups in total. The van der Waals surface area contributed by atoms with Gasteiger partial charge in [0.15, 0.2) is 17.5 Å². The lowest BCUT2D eigenvalue weighted by atomic mass is 10.2. The van der Waals surface area contributed by atoms with Crippen LogP contribution in [0.5, 0.6) is 0 Å². The number of imidazole rings is 1. The van der Waals surface area contributed by atoms with Crippen molar-refractivity contribution in [3.05, 3.63) is 23.0 Å². The molecule has 0 aliphatic carbocycles. The minimum atomic E-state index is -0.464. The van der Waals surface area contributed by atoms with Gasteiger partial charge in [0.1, 0.15) is 6.23 Å². The smallest absolute Gasteiger partial charge is 0.278 e. The van der Waals surface area contributed by atoms with E-state index in [1.165, 1.54) is 6.33 Å². The van der Waals surface area contributed by atoms with Gasteiger partial charge in [-0.25, -0.2) is 9.97 Å². The number of H-pyrrole nitrogens is 1. The zero-order valence-corrected chi connectivity index (χ0v) is 13.3. The minimum Gasteiger partial charge on any atom is -0.394 e. The molecule has 2 aromatic heterocycles. The molecule has 9 heteroatoms. The van der Waals surface area contributed by atoms with Crippen LogP contribution in [0.3, 0.4) is 0 Å². The summed E-state index contributed by atoms with van der Waals surface area (Å²) in [4.78, 5) is 22.1. The molecule has 0 amide bonds. The van der Waals surface area contributed by atoms with Gasteiger partial charge in [-0.15, -0.1) is 0 Å². The van der Waals surface area contributed by atoms with Crippen LogP contribution in [-0.4, -0.2) is 55.3 Å². The van der Waals surface area contributed by atoms with Gasteiger partial charge in [0, 0.05) is 6.61 Å². The molecule has 24 heavy (non-hydrogen) atoms. The van der Waals surface area contributed by atoms with Crippen molar-refractivity contribution in [2.24, 2.45) is 0 Å². The number of aromatic nitrogens is 4. The van der Waals surface area contributed by atoms with Crippen LogP contribution < -0.4 is 5.56 Å². The Hall–Kier alpha value is -1.81. The fourth-order valence-corrected chi connectivity index (χ4v) is 2.82. The molecule has 0 bridgehead atoms. The highest BCUT2D eigenvalue weighted by Gasteiger charge is 2.27. The van der Waals surface area contributed by atoms with Crippen molar-refractivity contribution in [3.8, 4) is 0 Å². The molecule has 2 fully saturated rings. The number of nitrogens with one attached hydrogen (secondary N) is 1. The first kappa shape index (κ1) is 17.0. The summed E-state index contributed by atoms with van der Waals surface area (Å²) in [7, 11) is 0. The predicted molar refractivity (Wildman–Crippen MR) is 84.2 cm³/mol. The molecule has 2 aliphatic rings. The average Bonchev–Trinajstić information content (AvgIpc) is 3.23. The second-order valence-corrected chi connectivity index (χ2v) is 5.85. The monoisotopic (exact) mass is 338 g/mol. The molecule has 4 heterocycles. The summed E-state index contributed by atoms with van der Waals surface area (Å²) >= 11 is 0. The van der Waals surface area contributed by atoms with Crippen LogP contribution in [0.2, 0.25) is 0 Å². The van der Waals surface area contributed by atoms with Crippen LogP contribution in [0.25, 0.3) is 11.2 Å². The molecule has 9 nitrogen and oxygen atoms in total. The molecule has 132 valence electrons. The molecule has 2 saturated heterocycles. The van der Waals surface area contributed by atoms with Crippen molar-refractivity contribution < 1.29 is 19.7 Å². The van der Waals surface area contributed by atoms with Crippen molar-refractivity contribution in [1.29, 1.82) is 0 Å². The van der Waals surface area contributed by atoms with Crippen LogP contribution >= 0.6 is 0 Å². The van der Waals surface area contributed by atoms with Gasteiger partial charge >= 0.3 is 0 Å². The van der Waals surface area contributed by atoms with Gasteiger partial charge in [-0.3, -0.25) is 9.36 Å². The van der Waals surface area contributed by atoms with Gasteiger partial charge in [0.05, 0.1) is 25.4 Å². The van der Waals surface area contributed by atoms with E-state index < -0.39 is 6.29 Å². The third-order valence-electron chi connectivity index (χ3n) is 4.12. The quantitative estimate of drug-likeness (QED) is 0.719. The standard InChI is InChI=1S/C10H12N4O3.C5H10O2/c15-3-6-1-2-7(17-6)14-5-13-8-9(14)11-4-12-10(8)16;6-5-3-1-2-4-7-5/h4-7,15H,1-3H2,(H,11,12,16);5-6H,1-4H2. The molecule has 0 spiro atoms. The lowest BCUT2D eigenvalue weighted by Gasteiger charge is -2.16. The first-order chi connectivity index (χ1) is 11.7. The maximum absolute atomic E-state index is 11.5. The first-order valence-corrected chi connectivity index (χ1v) is 8.15. The summed E-state index contributed by atoms with van der Waals surface area (Å²) in [5, 5.41) is 17.7. The summed E-state index contributed by atoms with van der Waals surface area (Å²) in [5.74, 6) is 0. The third kappa shape index (κ3) is 3.81. The minimum absolute atomic E-state index is 0.0111. The number of hydrogen-bond acceptors (Lipinski definition) is 7. The largest absolute Gasteiger partial charge is 0.394 e. The Balaban J connectivity index is 0.000000203. The topological polar surface area (TPSA) is 122 Å². The van der Waals surface area contributed by atoms with Crippen LogP contribution in [0.15, 0.2) is 17.4 Å². The highest BCUT2D eigenvalue weighted by molar-refractivity contribution is 5.68. The van der Waals surface area contributed by atoms with E-state index in [2.05, 4.69) is 15.0 Å². The Labute approximate surface area is 138 Å². The Morgan fingerprint density at radius 1 is 1.29 bits per heavy atom. The molecule has 3 unspecified atom stereocenters. The fraction of sp³-hybridized carbons (Fsp3) is 0.667. The van der Waals surface area contributed by atoms with Gasteiger partial charge in [0.2, 0.25) is 0 Å². The highest BCUT2D eigenvalue weighted by Crippen LogP contribution is 2.29. The van der Waals surface area contributed by atoms with Gasteiger partial charge in [-0.2, -0.15) is 0 Å². The SMILES string of the molecule is O=c1[nH]cnc2c1ncn2C1CCC(CO)O1.OC1CCCCO1. The molecule has 0 saturated carbocycles. The molecule has 2 aliphatic heterocycles. The second kappa shape index (κ2) is 7.84. The van der Waals surface area contributed by atoms with Gasteiger partial charge in [0.25, 0.3) is 5.56 Å². The molecule has 0 radical (unpaired) electrons. The predicted octanol–water partition coefficient (Wildman–Crippen LogP) is 0.295. The van der Waals surface area contributed by atoms with Gasteiger partial charge in [-0.05, 0) is 32.1 Å². The van der Waals surface area contributed by atoms with E-state index in [1.807, 2.05) is 0 Å². The number of aromatic amines is 1. The highest BCUT2D eigenvalue weighted by atomic mass is 16.6. The van der Waals surface area contributed by atoms with E-state index in [1.54, 1.807) is 10.9 Å². The number of ether oxygens (including phenoxy) is 2. The van der Waals surface area contributed by atoms with Crippen molar-refractivity contribution in [2.45, 2.75) is 50.7 Å². The second-order valence-electron chi connectivity index (χ2n) is 5.85. The third-order valence-corrected chi connectivity index (χ3v) is 4.12. The lowest BCUT2D eigenvalue weighted by molar-refractivity contribution is -0.123. The summed E-state index contributed by atoms with van der Waals surface area (Å²) in [6, 6.07) is 0. The maximum Gasteiger partial charge on any atom is 0.278 e. The number of fused-ring (bicyclic) bond motifs is 1. The number of nitrogens with zero attached hydrogens (tertiary/aromatic N) is 3. The maximum atomic E-state index is 11.5. The molecule has 3 atom stereocenters. The summed E-state index contributed by atoms with van der Waals surface area (Å²) < 4.78 is 12.2. The number of hydrogen-bond donors (Lipinski definition) is 3. The van der Waals surface area contributed by atoms with Crippen LogP contribution in [0.1, 0.15) is 38.3 Å². The van der Waals surface area contributed by atoms with Crippen LogP contribution in [0, 0.1) is 0 Å². The number of rotatable bonds is 2. The number of aliphatic hydroxyl groups is 2. The van der Waals surface area contributed by atoms with Crippen LogP contribution in [0.4, 0.5) is 0 Å². The Morgan fingerprint density at radius 2 is 2.17 bits per heavy atom. The fourth-order valence-electron chi connectivity index (χ4n) is 2.82.